The highest BCUT2D eigenvalue weighted by atomic mass is 19.1. The summed E-state index contributed by atoms with van der Waals surface area (Å²) in [7, 11) is 0. The smallest absolute Gasteiger partial charge is 0.222 e. The minimum atomic E-state index is -0.715. The second-order valence-electron chi connectivity index (χ2n) is 3.71. The van der Waals surface area contributed by atoms with Crippen molar-refractivity contribution in [2.75, 3.05) is 11.9 Å². The molecule has 0 aromatic carbocycles. The zero-order valence-corrected chi connectivity index (χ0v) is 8.29. The molecule has 5 heteroatoms. The van der Waals surface area contributed by atoms with Crippen LogP contribution in [0.3, 0.4) is 0 Å². The fourth-order valence-corrected chi connectivity index (χ4v) is 0.884. The Morgan fingerprint density at radius 3 is 2.50 bits per heavy atom. The number of nitrogens with one attached hydrogen (secondary N) is 1. The van der Waals surface area contributed by atoms with E-state index in [9.17, 15) is 9.50 Å². The number of rotatable bonds is 4. The van der Waals surface area contributed by atoms with E-state index < -0.39 is 11.4 Å². The van der Waals surface area contributed by atoms with Crippen molar-refractivity contribution in [1.29, 1.82) is 0 Å². The maximum atomic E-state index is 12.4. The van der Waals surface area contributed by atoms with E-state index in [1.54, 1.807) is 13.8 Å². The summed E-state index contributed by atoms with van der Waals surface area (Å²) in [5.74, 6) is -0.0892. The molecule has 78 valence electrons. The molecule has 0 atom stereocenters. The van der Waals surface area contributed by atoms with Crippen LogP contribution in [0.15, 0.2) is 12.4 Å². The van der Waals surface area contributed by atoms with E-state index in [1.807, 2.05) is 0 Å². The van der Waals surface area contributed by atoms with E-state index in [1.165, 1.54) is 0 Å². The zero-order chi connectivity index (χ0) is 10.6. The van der Waals surface area contributed by atoms with Crippen molar-refractivity contribution in [3.05, 3.63) is 18.2 Å². The average molecular weight is 199 g/mol. The monoisotopic (exact) mass is 199 g/mol. The molecule has 0 saturated heterocycles. The summed E-state index contributed by atoms with van der Waals surface area (Å²) in [5.41, 5.74) is -0.715. The zero-order valence-electron chi connectivity index (χ0n) is 8.29. The quantitative estimate of drug-likeness (QED) is 0.764. The van der Waals surface area contributed by atoms with Crippen LogP contribution in [0.1, 0.15) is 20.3 Å². The van der Waals surface area contributed by atoms with E-state index >= 15 is 0 Å². The van der Waals surface area contributed by atoms with Crippen molar-refractivity contribution in [3.8, 4) is 0 Å². The van der Waals surface area contributed by atoms with Crippen LogP contribution in [0.25, 0.3) is 0 Å². The lowest BCUT2D eigenvalue weighted by Crippen LogP contribution is -2.23. The highest BCUT2D eigenvalue weighted by Gasteiger charge is 2.11. The van der Waals surface area contributed by atoms with Gasteiger partial charge in [0.2, 0.25) is 5.95 Å². The molecule has 0 amide bonds. The van der Waals surface area contributed by atoms with Gasteiger partial charge in [0.05, 0.1) is 18.0 Å². The summed E-state index contributed by atoms with van der Waals surface area (Å²) >= 11 is 0. The largest absolute Gasteiger partial charge is 0.390 e. The Labute approximate surface area is 82.2 Å². The molecule has 0 fully saturated rings. The summed E-state index contributed by atoms with van der Waals surface area (Å²) in [6.07, 6.45) is 2.77. The third-order valence-electron chi connectivity index (χ3n) is 1.64. The van der Waals surface area contributed by atoms with E-state index in [0.29, 0.717) is 18.9 Å². The lowest BCUT2D eigenvalue weighted by Gasteiger charge is -2.16. The third kappa shape index (κ3) is 4.13. The van der Waals surface area contributed by atoms with Crippen molar-refractivity contribution < 1.29 is 9.50 Å². The van der Waals surface area contributed by atoms with E-state index in [-0.39, 0.29) is 0 Å². The van der Waals surface area contributed by atoms with Gasteiger partial charge in [0.25, 0.3) is 0 Å². The van der Waals surface area contributed by atoms with Crippen LogP contribution in [-0.2, 0) is 0 Å². The van der Waals surface area contributed by atoms with Gasteiger partial charge in [0.15, 0.2) is 5.82 Å². The topological polar surface area (TPSA) is 58.0 Å². The SMILES string of the molecule is CC(C)(O)CCNc1ncc(F)cn1. The normalized spacial score (nSPS) is 11.4. The van der Waals surface area contributed by atoms with Gasteiger partial charge >= 0.3 is 0 Å². The first-order valence-corrected chi connectivity index (χ1v) is 4.41. The second kappa shape index (κ2) is 4.32. The Kier molecular flexibility index (Phi) is 3.35. The Balaban J connectivity index is 2.35. The molecule has 0 aliphatic carbocycles. The van der Waals surface area contributed by atoms with Gasteiger partial charge in [0, 0.05) is 6.54 Å². The average Bonchev–Trinajstić information content (AvgIpc) is 2.06. The number of anilines is 1. The van der Waals surface area contributed by atoms with E-state index in [4.69, 9.17) is 0 Å². The molecule has 0 saturated carbocycles. The van der Waals surface area contributed by atoms with Crippen LogP contribution >= 0.6 is 0 Å². The van der Waals surface area contributed by atoms with Gasteiger partial charge in [-0.05, 0) is 20.3 Å². The van der Waals surface area contributed by atoms with Crippen LogP contribution in [0.5, 0.6) is 0 Å². The molecule has 1 heterocycles. The van der Waals surface area contributed by atoms with Gasteiger partial charge in [-0.1, -0.05) is 0 Å². The Morgan fingerprint density at radius 2 is 2.00 bits per heavy atom. The van der Waals surface area contributed by atoms with Crippen molar-refractivity contribution in [1.82, 2.24) is 9.97 Å². The molecular formula is C9H14FN3O. The van der Waals surface area contributed by atoms with Crippen molar-refractivity contribution in [2.24, 2.45) is 0 Å². The molecule has 0 aliphatic heterocycles. The number of aromatic nitrogens is 2. The summed E-state index contributed by atoms with van der Waals surface area (Å²) in [5, 5.41) is 12.3. The highest BCUT2D eigenvalue weighted by molar-refractivity contribution is 5.22. The number of halogens is 1. The van der Waals surface area contributed by atoms with Gasteiger partial charge in [-0.3, -0.25) is 0 Å². The maximum Gasteiger partial charge on any atom is 0.222 e. The fraction of sp³-hybridized carbons (Fsp3) is 0.556. The number of nitrogens with zero attached hydrogens (tertiary/aromatic N) is 2. The van der Waals surface area contributed by atoms with Crippen LogP contribution in [0, 0.1) is 5.82 Å². The summed E-state index contributed by atoms with van der Waals surface area (Å²) < 4.78 is 12.4. The Morgan fingerprint density at radius 1 is 1.43 bits per heavy atom. The molecule has 2 N–H and O–H groups in total. The minimum absolute atomic E-state index is 0.371. The second-order valence-corrected chi connectivity index (χ2v) is 3.71. The fourth-order valence-electron chi connectivity index (χ4n) is 0.884. The lowest BCUT2D eigenvalue weighted by atomic mass is 10.1. The molecule has 0 aliphatic rings. The molecule has 0 bridgehead atoms. The first-order valence-electron chi connectivity index (χ1n) is 4.41. The molecular weight excluding hydrogens is 185 g/mol. The molecule has 1 rings (SSSR count). The van der Waals surface area contributed by atoms with Gasteiger partial charge in [-0.25, -0.2) is 14.4 Å². The summed E-state index contributed by atoms with van der Waals surface area (Å²) in [6, 6.07) is 0. The van der Waals surface area contributed by atoms with E-state index in [0.717, 1.165) is 12.4 Å². The van der Waals surface area contributed by atoms with Crippen molar-refractivity contribution >= 4 is 5.95 Å². The van der Waals surface area contributed by atoms with Gasteiger partial charge < -0.3 is 10.4 Å². The molecule has 1 aromatic rings. The molecule has 0 spiro atoms. The summed E-state index contributed by atoms with van der Waals surface area (Å²) in [4.78, 5) is 7.44. The third-order valence-corrected chi connectivity index (χ3v) is 1.64. The molecule has 1 aromatic heterocycles. The predicted octanol–water partition coefficient (Wildman–Crippen LogP) is 1.19. The van der Waals surface area contributed by atoms with Gasteiger partial charge in [0.1, 0.15) is 0 Å². The molecule has 0 radical (unpaired) electrons. The van der Waals surface area contributed by atoms with Crippen LogP contribution in [-0.4, -0.2) is 27.2 Å². The minimum Gasteiger partial charge on any atom is -0.390 e. The molecule has 0 unspecified atom stereocenters. The Hall–Kier alpha value is -1.23. The van der Waals surface area contributed by atoms with Crippen LogP contribution in [0.4, 0.5) is 10.3 Å². The number of hydrogen-bond acceptors (Lipinski definition) is 4. The van der Waals surface area contributed by atoms with Crippen molar-refractivity contribution in [2.45, 2.75) is 25.9 Å². The summed E-state index contributed by atoms with van der Waals surface area (Å²) in [6.45, 7) is 4.00. The van der Waals surface area contributed by atoms with Crippen molar-refractivity contribution in [3.63, 3.8) is 0 Å². The maximum absolute atomic E-state index is 12.4. The van der Waals surface area contributed by atoms with Crippen LogP contribution in [0.2, 0.25) is 0 Å². The number of aliphatic hydroxyl groups is 1. The van der Waals surface area contributed by atoms with Crippen LogP contribution < -0.4 is 5.32 Å². The molecule has 4 nitrogen and oxygen atoms in total. The Bertz CT molecular complexity index is 281. The first-order chi connectivity index (χ1) is 6.47. The highest BCUT2D eigenvalue weighted by Crippen LogP contribution is 2.07. The van der Waals surface area contributed by atoms with Gasteiger partial charge in [-0.15, -0.1) is 0 Å². The van der Waals surface area contributed by atoms with Gasteiger partial charge in [-0.2, -0.15) is 0 Å². The standard InChI is InChI=1S/C9H14FN3O/c1-9(2,14)3-4-11-8-12-5-7(10)6-13-8/h5-6,14H,3-4H2,1-2H3,(H,11,12,13). The first kappa shape index (κ1) is 10.8. The van der Waals surface area contributed by atoms with E-state index in [2.05, 4.69) is 15.3 Å². The number of hydrogen-bond donors (Lipinski definition) is 2. The lowest BCUT2D eigenvalue weighted by molar-refractivity contribution is 0.0748. The predicted molar refractivity (Wildman–Crippen MR) is 51.4 cm³/mol. The molecule has 14 heavy (non-hydrogen) atoms.